The van der Waals surface area contributed by atoms with Crippen LogP contribution in [0.25, 0.3) is 11.0 Å². The second-order valence-corrected chi connectivity index (χ2v) is 5.43. The van der Waals surface area contributed by atoms with Crippen molar-refractivity contribution in [3.63, 3.8) is 0 Å². The Hall–Kier alpha value is -2.05. The molecule has 120 valence electrons. The summed E-state index contributed by atoms with van der Waals surface area (Å²) in [6, 6.07) is 3.86. The number of hydrogen-bond donors (Lipinski definition) is 0. The van der Waals surface area contributed by atoms with E-state index in [1.165, 1.54) is 18.2 Å². The van der Waals surface area contributed by atoms with Gasteiger partial charge in [-0.25, -0.2) is 9.97 Å². The maximum Gasteiger partial charge on any atom is 0.573 e. The van der Waals surface area contributed by atoms with Crippen LogP contribution < -0.4 is 9.47 Å². The highest BCUT2D eigenvalue weighted by Gasteiger charge is 2.31. The van der Waals surface area contributed by atoms with Crippen molar-refractivity contribution in [2.45, 2.75) is 46.1 Å². The zero-order chi connectivity index (χ0) is 16.5. The fourth-order valence-electron chi connectivity index (χ4n) is 1.91. The van der Waals surface area contributed by atoms with E-state index >= 15 is 0 Å². The molecule has 0 aliphatic carbocycles. The lowest BCUT2D eigenvalue weighted by Gasteiger charge is -2.16. The average molecular weight is 314 g/mol. The van der Waals surface area contributed by atoms with E-state index < -0.39 is 6.36 Å². The Labute approximate surface area is 126 Å². The Bertz CT molecular complexity index is 670. The van der Waals surface area contributed by atoms with Crippen molar-refractivity contribution < 1.29 is 22.6 Å². The first-order chi connectivity index (χ1) is 10.2. The number of ether oxygens (including phenoxy) is 2. The molecule has 0 saturated carbocycles. The van der Waals surface area contributed by atoms with Crippen LogP contribution in [0.15, 0.2) is 18.2 Å². The SMILES string of the molecule is CC(C)Oc1nc2ccc(OC(F)(F)F)cc2nc1C(C)C. The van der Waals surface area contributed by atoms with Crippen LogP contribution in [0.1, 0.15) is 39.3 Å². The number of benzene rings is 1. The number of aromatic nitrogens is 2. The Morgan fingerprint density at radius 2 is 1.68 bits per heavy atom. The molecule has 0 spiro atoms. The lowest BCUT2D eigenvalue weighted by Crippen LogP contribution is -2.17. The van der Waals surface area contributed by atoms with E-state index in [2.05, 4.69) is 14.7 Å². The van der Waals surface area contributed by atoms with Crippen molar-refractivity contribution in [3.8, 4) is 11.6 Å². The minimum absolute atomic E-state index is 0.0258. The van der Waals surface area contributed by atoms with Gasteiger partial charge in [-0.2, -0.15) is 0 Å². The van der Waals surface area contributed by atoms with E-state index in [-0.39, 0.29) is 17.8 Å². The van der Waals surface area contributed by atoms with Crippen LogP contribution in [0, 0.1) is 0 Å². The van der Waals surface area contributed by atoms with E-state index in [0.29, 0.717) is 22.6 Å². The summed E-state index contributed by atoms with van der Waals surface area (Å²) in [4.78, 5) is 8.74. The number of halogens is 3. The number of nitrogens with zero attached hydrogens (tertiary/aromatic N) is 2. The molecule has 0 unspecified atom stereocenters. The Morgan fingerprint density at radius 1 is 1.00 bits per heavy atom. The van der Waals surface area contributed by atoms with E-state index in [9.17, 15) is 13.2 Å². The van der Waals surface area contributed by atoms with Crippen LogP contribution in [-0.2, 0) is 0 Å². The van der Waals surface area contributed by atoms with Gasteiger partial charge in [-0.1, -0.05) is 13.8 Å². The molecule has 0 fully saturated rings. The third-order valence-electron chi connectivity index (χ3n) is 2.76. The van der Waals surface area contributed by atoms with Gasteiger partial charge in [0.1, 0.15) is 11.4 Å². The molecule has 1 aromatic carbocycles. The quantitative estimate of drug-likeness (QED) is 0.837. The van der Waals surface area contributed by atoms with Crippen molar-refractivity contribution >= 4 is 11.0 Å². The van der Waals surface area contributed by atoms with Gasteiger partial charge in [0.05, 0.1) is 17.1 Å². The van der Waals surface area contributed by atoms with Gasteiger partial charge in [0.2, 0.25) is 5.88 Å². The minimum Gasteiger partial charge on any atom is -0.474 e. The molecule has 1 aromatic heterocycles. The molecule has 1 heterocycles. The normalized spacial score (nSPS) is 12.2. The van der Waals surface area contributed by atoms with Gasteiger partial charge in [0.15, 0.2) is 0 Å². The van der Waals surface area contributed by atoms with Crippen molar-refractivity contribution in [1.82, 2.24) is 9.97 Å². The zero-order valence-corrected chi connectivity index (χ0v) is 12.7. The standard InChI is InChI=1S/C15H17F3N2O2/c1-8(2)13-14(21-9(3)4)20-11-6-5-10(7-12(11)19-13)22-15(16,17)18/h5-9H,1-4H3. The third-order valence-corrected chi connectivity index (χ3v) is 2.76. The van der Waals surface area contributed by atoms with E-state index in [4.69, 9.17) is 4.74 Å². The summed E-state index contributed by atoms with van der Waals surface area (Å²) in [6.45, 7) is 7.57. The lowest BCUT2D eigenvalue weighted by molar-refractivity contribution is -0.274. The summed E-state index contributed by atoms with van der Waals surface area (Å²) in [5.74, 6) is 0.112. The number of hydrogen-bond acceptors (Lipinski definition) is 4. The average Bonchev–Trinajstić information content (AvgIpc) is 2.35. The topological polar surface area (TPSA) is 44.2 Å². The van der Waals surface area contributed by atoms with Gasteiger partial charge < -0.3 is 9.47 Å². The molecule has 0 atom stereocenters. The van der Waals surface area contributed by atoms with Crippen molar-refractivity contribution in [1.29, 1.82) is 0 Å². The molecular weight excluding hydrogens is 297 g/mol. The predicted octanol–water partition coefficient (Wildman–Crippen LogP) is 4.44. The first-order valence-electron chi connectivity index (χ1n) is 6.90. The molecule has 0 amide bonds. The maximum absolute atomic E-state index is 12.3. The second kappa shape index (κ2) is 5.98. The van der Waals surface area contributed by atoms with Crippen LogP contribution in [0.5, 0.6) is 11.6 Å². The largest absolute Gasteiger partial charge is 0.573 e. The van der Waals surface area contributed by atoms with Gasteiger partial charge in [-0.05, 0) is 26.0 Å². The van der Waals surface area contributed by atoms with Crippen molar-refractivity contribution in [2.75, 3.05) is 0 Å². The first-order valence-corrected chi connectivity index (χ1v) is 6.90. The minimum atomic E-state index is -4.73. The number of alkyl halides is 3. The van der Waals surface area contributed by atoms with Gasteiger partial charge >= 0.3 is 6.36 Å². The van der Waals surface area contributed by atoms with Crippen LogP contribution in [0.2, 0.25) is 0 Å². The van der Waals surface area contributed by atoms with Crippen molar-refractivity contribution in [3.05, 3.63) is 23.9 Å². The van der Waals surface area contributed by atoms with E-state index in [0.717, 1.165) is 0 Å². The van der Waals surface area contributed by atoms with Crippen LogP contribution >= 0.6 is 0 Å². The Kier molecular flexibility index (Phi) is 4.44. The third kappa shape index (κ3) is 3.99. The molecule has 2 rings (SSSR count). The monoisotopic (exact) mass is 314 g/mol. The molecule has 0 aliphatic heterocycles. The summed E-state index contributed by atoms with van der Waals surface area (Å²) in [6.07, 6.45) is -4.81. The maximum atomic E-state index is 12.3. The summed E-state index contributed by atoms with van der Waals surface area (Å²) in [7, 11) is 0. The van der Waals surface area contributed by atoms with Crippen molar-refractivity contribution in [2.24, 2.45) is 0 Å². The fraction of sp³-hybridized carbons (Fsp3) is 0.467. The van der Waals surface area contributed by atoms with Gasteiger partial charge in [0, 0.05) is 12.0 Å². The fourth-order valence-corrected chi connectivity index (χ4v) is 1.91. The highest BCUT2D eigenvalue weighted by atomic mass is 19.4. The molecule has 7 heteroatoms. The van der Waals surface area contributed by atoms with Gasteiger partial charge in [0.25, 0.3) is 0 Å². The van der Waals surface area contributed by atoms with Gasteiger partial charge in [-0.3, -0.25) is 0 Å². The molecule has 22 heavy (non-hydrogen) atoms. The lowest BCUT2D eigenvalue weighted by atomic mass is 10.1. The Balaban J connectivity index is 2.49. The van der Waals surface area contributed by atoms with E-state index in [1.807, 2.05) is 27.7 Å². The number of fused-ring (bicyclic) bond motifs is 1. The molecule has 2 aromatic rings. The van der Waals surface area contributed by atoms with Crippen LogP contribution in [-0.4, -0.2) is 22.4 Å². The Morgan fingerprint density at radius 3 is 2.23 bits per heavy atom. The molecule has 0 saturated heterocycles. The smallest absolute Gasteiger partial charge is 0.474 e. The van der Waals surface area contributed by atoms with E-state index in [1.54, 1.807) is 0 Å². The zero-order valence-electron chi connectivity index (χ0n) is 12.7. The molecule has 0 aliphatic rings. The molecular formula is C15H17F3N2O2. The summed E-state index contributed by atoms with van der Waals surface area (Å²) < 4.78 is 46.4. The highest BCUT2D eigenvalue weighted by molar-refractivity contribution is 5.76. The highest BCUT2D eigenvalue weighted by Crippen LogP contribution is 2.29. The summed E-state index contributed by atoms with van der Waals surface area (Å²) >= 11 is 0. The van der Waals surface area contributed by atoms with Crippen LogP contribution in [0.3, 0.4) is 0 Å². The molecule has 0 N–H and O–H groups in total. The number of rotatable bonds is 4. The molecule has 4 nitrogen and oxygen atoms in total. The summed E-state index contributed by atoms with van der Waals surface area (Å²) in [5.41, 5.74) is 1.39. The summed E-state index contributed by atoms with van der Waals surface area (Å²) in [5, 5.41) is 0. The molecule has 0 radical (unpaired) electrons. The van der Waals surface area contributed by atoms with Crippen LogP contribution in [0.4, 0.5) is 13.2 Å². The van der Waals surface area contributed by atoms with Gasteiger partial charge in [-0.15, -0.1) is 13.2 Å². The molecule has 0 bridgehead atoms. The predicted molar refractivity (Wildman–Crippen MR) is 76.1 cm³/mol. The first kappa shape index (κ1) is 16.3. The second-order valence-electron chi connectivity index (χ2n) is 5.43.